The molecule has 0 N–H and O–H groups in total. The first-order valence-electron chi connectivity index (χ1n) is 13.6. The summed E-state index contributed by atoms with van der Waals surface area (Å²) in [7, 11) is 0. The molecule has 1 spiro atoms. The summed E-state index contributed by atoms with van der Waals surface area (Å²) in [6.07, 6.45) is 14.3. The van der Waals surface area contributed by atoms with Crippen LogP contribution in [0.1, 0.15) is 83.2 Å². The molecule has 5 nitrogen and oxygen atoms in total. The van der Waals surface area contributed by atoms with Crippen LogP contribution in [0.4, 0.5) is 0 Å². The van der Waals surface area contributed by atoms with Crippen molar-refractivity contribution in [1.29, 1.82) is 0 Å². The second-order valence-electron chi connectivity index (χ2n) is 10.8. The molecule has 1 aliphatic heterocycles. The molecule has 0 atom stereocenters. The lowest BCUT2D eigenvalue weighted by molar-refractivity contribution is -0.149. The van der Waals surface area contributed by atoms with Crippen molar-refractivity contribution in [2.24, 2.45) is 11.3 Å². The van der Waals surface area contributed by atoms with Crippen molar-refractivity contribution in [1.82, 2.24) is 9.88 Å². The average Bonchev–Trinajstić information content (AvgIpc) is 2.87. The Morgan fingerprint density at radius 2 is 1.76 bits per heavy atom. The Balaban J connectivity index is 1.14. The molecule has 5 rings (SSSR count). The Labute approximate surface area is 204 Å². The fourth-order valence-corrected chi connectivity index (χ4v) is 6.44. The predicted octanol–water partition coefficient (Wildman–Crippen LogP) is 6.28. The van der Waals surface area contributed by atoms with Crippen LogP contribution in [-0.2, 0) is 16.1 Å². The quantitative estimate of drug-likeness (QED) is 0.471. The number of hydrogen-bond donors (Lipinski definition) is 0. The third-order valence-corrected chi connectivity index (χ3v) is 8.52. The van der Waals surface area contributed by atoms with Crippen LogP contribution in [0.2, 0.25) is 0 Å². The number of aromatic nitrogens is 1. The molecule has 5 heteroatoms. The molecule has 1 aromatic carbocycles. The number of ether oxygens (including phenoxy) is 2. The van der Waals surface area contributed by atoms with E-state index in [1.165, 1.54) is 57.8 Å². The van der Waals surface area contributed by atoms with Gasteiger partial charge in [-0.2, -0.15) is 0 Å². The van der Waals surface area contributed by atoms with Crippen molar-refractivity contribution in [3.63, 3.8) is 0 Å². The number of esters is 1. The lowest BCUT2D eigenvalue weighted by atomic mass is 9.65. The highest BCUT2D eigenvalue weighted by Crippen LogP contribution is 2.48. The first-order chi connectivity index (χ1) is 16.6. The van der Waals surface area contributed by atoms with Gasteiger partial charge in [-0.3, -0.25) is 14.7 Å². The number of fused-ring (bicyclic) bond motifs is 1. The van der Waals surface area contributed by atoms with E-state index in [4.69, 9.17) is 14.5 Å². The molecular weight excluding hydrogens is 424 g/mol. The van der Waals surface area contributed by atoms with Gasteiger partial charge in [0.2, 0.25) is 0 Å². The first kappa shape index (κ1) is 23.6. The topological polar surface area (TPSA) is 51.7 Å². The van der Waals surface area contributed by atoms with Crippen molar-refractivity contribution in [3.05, 3.63) is 36.0 Å². The SMILES string of the molecule is CCOC(=O)C1CCN(Cc2ccc3cc(OC4CCC5(CCCCC5)CC4)ccc3n2)CC1. The van der Waals surface area contributed by atoms with E-state index in [-0.39, 0.29) is 11.9 Å². The first-order valence-corrected chi connectivity index (χ1v) is 13.6. The Kier molecular flexibility index (Phi) is 7.38. The van der Waals surface area contributed by atoms with E-state index in [2.05, 4.69) is 35.2 Å². The van der Waals surface area contributed by atoms with Gasteiger partial charge in [-0.15, -0.1) is 0 Å². The number of piperidine rings is 1. The zero-order valence-corrected chi connectivity index (χ0v) is 20.8. The third-order valence-electron chi connectivity index (χ3n) is 8.52. The van der Waals surface area contributed by atoms with Crippen molar-refractivity contribution >= 4 is 16.9 Å². The number of rotatable bonds is 6. The van der Waals surface area contributed by atoms with Crippen molar-refractivity contribution in [2.75, 3.05) is 19.7 Å². The maximum absolute atomic E-state index is 12.0. The molecule has 3 fully saturated rings. The smallest absolute Gasteiger partial charge is 0.309 e. The molecule has 184 valence electrons. The van der Waals surface area contributed by atoms with Crippen LogP contribution in [0.25, 0.3) is 10.9 Å². The molecule has 0 amide bonds. The number of nitrogens with zero attached hydrogens (tertiary/aromatic N) is 2. The van der Waals surface area contributed by atoms with Gasteiger partial charge in [0, 0.05) is 11.9 Å². The summed E-state index contributed by atoms with van der Waals surface area (Å²) in [5, 5.41) is 1.14. The summed E-state index contributed by atoms with van der Waals surface area (Å²) < 4.78 is 11.6. The summed E-state index contributed by atoms with van der Waals surface area (Å²) in [5.41, 5.74) is 2.74. The highest BCUT2D eigenvalue weighted by molar-refractivity contribution is 5.80. The van der Waals surface area contributed by atoms with Crippen molar-refractivity contribution in [2.45, 2.75) is 90.2 Å². The predicted molar refractivity (Wildman–Crippen MR) is 135 cm³/mol. The van der Waals surface area contributed by atoms with E-state index in [1.54, 1.807) is 0 Å². The minimum atomic E-state index is -0.0364. The minimum absolute atomic E-state index is 0.0364. The maximum atomic E-state index is 12.0. The summed E-state index contributed by atoms with van der Waals surface area (Å²) in [5.74, 6) is 0.995. The normalized spacial score (nSPS) is 22.1. The standard InChI is InChI=1S/C29H40N2O3/c1-2-33-28(32)22-12-18-31(19-13-22)21-24-7-6-23-20-26(8-9-27(23)30-24)34-25-10-16-29(17-11-25)14-4-3-5-15-29/h6-9,20,22,25H,2-5,10-19,21H2,1H3. The Morgan fingerprint density at radius 3 is 2.50 bits per heavy atom. The van der Waals surface area contributed by atoms with Gasteiger partial charge in [0.15, 0.2) is 0 Å². The Hall–Kier alpha value is -2.14. The van der Waals surface area contributed by atoms with Gasteiger partial charge in [-0.1, -0.05) is 25.3 Å². The minimum Gasteiger partial charge on any atom is -0.490 e. The van der Waals surface area contributed by atoms with Gasteiger partial charge < -0.3 is 9.47 Å². The molecule has 1 saturated heterocycles. The lowest BCUT2D eigenvalue weighted by Gasteiger charge is -2.42. The zero-order valence-electron chi connectivity index (χ0n) is 20.8. The van der Waals surface area contributed by atoms with Crippen LogP contribution >= 0.6 is 0 Å². The second-order valence-corrected chi connectivity index (χ2v) is 10.8. The third kappa shape index (κ3) is 5.56. The van der Waals surface area contributed by atoms with Crippen molar-refractivity contribution < 1.29 is 14.3 Å². The van der Waals surface area contributed by atoms with Gasteiger partial charge in [-0.05, 0) is 101 Å². The summed E-state index contributed by atoms with van der Waals surface area (Å²) in [4.78, 5) is 19.3. The van der Waals surface area contributed by atoms with E-state index in [1.807, 2.05) is 6.92 Å². The number of pyridine rings is 1. The summed E-state index contributed by atoms with van der Waals surface area (Å²) in [6, 6.07) is 10.7. The van der Waals surface area contributed by atoms with Gasteiger partial charge in [0.1, 0.15) is 5.75 Å². The molecule has 0 radical (unpaired) electrons. The van der Waals surface area contributed by atoms with Crippen LogP contribution < -0.4 is 4.74 Å². The molecule has 3 aliphatic rings. The Morgan fingerprint density at radius 1 is 1.00 bits per heavy atom. The number of carbonyl (C=O) groups is 1. The van der Waals surface area contributed by atoms with E-state index in [0.717, 1.165) is 54.8 Å². The van der Waals surface area contributed by atoms with Crippen LogP contribution in [-0.4, -0.2) is 41.7 Å². The number of benzene rings is 1. The summed E-state index contributed by atoms with van der Waals surface area (Å²) in [6.45, 7) is 4.99. The maximum Gasteiger partial charge on any atom is 0.309 e. The molecule has 1 aromatic heterocycles. The van der Waals surface area contributed by atoms with Gasteiger partial charge >= 0.3 is 5.97 Å². The second kappa shape index (κ2) is 10.6. The molecule has 34 heavy (non-hydrogen) atoms. The molecule has 0 bridgehead atoms. The van der Waals surface area contributed by atoms with Gasteiger partial charge in [0.05, 0.1) is 29.8 Å². The molecule has 2 heterocycles. The van der Waals surface area contributed by atoms with E-state index in [0.29, 0.717) is 18.1 Å². The average molecular weight is 465 g/mol. The fourth-order valence-electron chi connectivity index (χ4n) is 6.44. The van der Waals surface area contributed by atoms with Gasteiger partial charge in [0.25, 0.3) is 0 Å². The Bertz CT molecular complexity index is 966. The van der Waals surface area contributed by atoms with Crippen molar-refractivity contribution in [3.8, 4) is 5.75 Å². The number of hydrogen-bond acceptors (Lipinski definition) is 5. The van der Waals surface area contributed by atoms with E-state index < -0.39 is 0 Å². The van der Waals surface area contributed by atoms with E-state index >= 15 is 0 Å². The van der Waals surface area contributed by atoms with Crippen LogP contribution in [0.5, 0.6) is 5.75 Å². The van der Waals surface area contributed by atoms with E-state index in [9.17, 15) is 4.79 Å². The molecule has 2 aromatic rings. The number of likely N-dealkylation sites (tertiary alicyclic amines) is 1. The zero-order chi connectivity index (χ0) is 23.4. The van der Waals surface area contributed by atoms with Crippen LogP contribution in [0, 0.1) is 11.3 Å². The van der Waals surface area contributed by atoms with Crippen LogP contribution in [0.3, 0.4) is 0 Å². The number of carbonyl (C=O) groups excluding carboxylic acids is 1. The highest BCUT2D eigenvalue weighted by Gasteiger charge is 2.36. The largest absolute Gasteiger partial charge is 0.490 e. The van der Waals surface area contributed by atoms with Crippen LogP contribution in [0.15, 0.2) is 30.3 Å². The molecule has 2 saturated carbocycles. The lowest BCUT2D eigenvalue weighted by Crippen LogP contribution is -2.36. The summed E-state index contributed by atoms with van der Waals surface area (Å²) >= 11 is 0. The fraction of sp³-hybridized carbons (Fsp3) is 0.655. The molecular formula is C29H40N2O3. The van der Waals surface area contributed by atoms with Gasteiger partial charge in [-0.25, -0.2) is 0 Å². The molecule has 0 unspecified atom stereocenters. The monoisotopic (exact) mass is 464 g/mol. The molecule has 2 aliphatic carbocycles. The highest BCUT2D eigenvalue weighted by atomic mass is 16.5.